The van der Waals surface area contributed by atoms with Crippen molar-refractivity contribution in [1.82, 2.24) is 5.32 Å². The van der Waals surface area contributed by atoms with E-state index in [1.54, 1.807) is 7.11 Å². The van der Waals surface area contributed by atoms with Gasteiger partial charge in [-0.1, -0.05) is 18.2 Å². The van der Waals surface area contributed by atoms with Crippen LogP contribution in [0.4, 0.5) is 14.5 Å². The molecule has 0 fully saturated rings. The summed E-state index contributed by atoms with van der Waals surface area (Å²) in [5.41, 5.74) is 1.07. The number of hydrogen-bond acceptors (Lipinski definition) is 3. The molecule has 0 aromatic heterocycles. The van der Waals surface area contributed by atoms with Gasteiger partial charge < -0.3 is 15.4 Å². The van der Waals surface area contributed by atoms with E-state index in [-0.39, 0.29) is 18.0 Å². The highest BCUT2D eigenvalue weighted by molar-refractivity contribution is 5.90. The maximum absolute atomic E-state index is 13.4. The van der Waals surface area contributed by atoms with Gasteiger partial charge in [-0.05, 0) is 36.7 Å². The van der Waals surface area contributed by atoms with Crippen LogP contribution < -0.4 is 15.4 Å². The second-order valence-corrected chi connectivity index (χ2v) is 5.23. The van der Waals surface area contributed by atoms with Crippen molar-refractivity contribution in [2.45, 2.75) is 12.8 Å². The Kier molecular flexibility index (Phi) is 6.69. The molecule has 2 aromatic rings. The fraction of sp³-hybridized carbons (Fsp3) is 0.278. The van der Waals surface area contributed by atoms with E-state index in [0.29, 0.717) is 13.1 Å². The fourth-order valence-corrected chi connectivity index (χ4v) is 2.26. The van der Waals surface area contributed by atoms with Gasteiger partial charge in [0.25, 0.3) is 0 Å². The molecule has 0 heterocycles. The Hall–Kier alpha value is -2.47. The van der Waals surface area contributed by atoms with Crippen molar-refractivity contribution in [2.75, 3.05) is 25.5 Å². The van der Waals surface area contributed by atoms with Crippen LogP contribution in [0.15, 0.2) is 42.5 Å². The van der Waals surface area contributed by atoms with Crippen LogP contribution in [0, 0.1) is 11.6 Å². The zero-order valence-corrected chi connectivity index (χ0v) is 13.4. The minimum absolute atomic E-state index is 0.0181. The first kappa shape index (κ1) is 17.9. The lowest BCUT2D eigenvalue weighted by Crippen LogP contribution is -2.24. The molecule has 0 aliphatic carbocycles. The second kappa shape index (κ2) is 8.98. The van der Waals surface area contributed by atoms with Gasteiger partial charge in [0.15, 0.2) is 0 Å². The first-order chi connectivity index (χ1) is 11.6. The molecule has 0 aliphatic rings. The normalized spacial score (nSPS) is 10.5. The lowest BCUT2D eigenvalue weighted by Gasteiger charge is -2.09. The summed E-state index contributed by atoms with van der Waals surface area (Å²) in [5.74, 6) is -0.954. The van der Waals surface area contributed by atoms with Crippen molar-refractivity contribution in [1.29, 1.82) is 0 Å². The van der Waals surface area contributed by atoms with Crippen molar-refractivity contribution >= 4 is 11.6 Å². The molecule has 0 saturated heterocycles. The van der Waals surface area contributed by atoms with E-state index in [1.807, 2.05) is 24.3 Å². The molecule has 2 N–H and O–H groups in total. The van der Waals surface area contributed by atoms with E-state index in [2.05, 4.69) is 10.6 Å². The van der Waals surface area contributed by atoms with Crippen molar-refractivity contribution in [3.8, 4) is 5.75 Å². The number of anilines is 1. The number of rotatable bonds is 8. The van der Waals surface area contributed by atoms with Crippen LogP contribution in [0.5, 0.6) is 5.75 Å². The van der Waals surface area contributed by atoms with E-state index >= 15 is 0 Å². The third-order valence-electron chi connectivity index (χ3n) is 3.50. The van der Waals surface area contributed by atoms with Crippen LogP contribution in [0.2, 0.25) is 0 Å². The minimum Gasteiger partial charge on any atom is -0.496 e. The first-order valence-electron chi connectivity index (χ1n) is 7.67. The van der Waals surface area contributed by atoms with Crippen molar-refractivity contribution in [2.24, 2.45) is 0 Å². The maximum Gasteiger partial charge on any atom is 0.225 e. The topological polar surface area (TPSA) is 50.4 Å². The highest BCUT2D eigenvalue weighted by Gasteiger charge is 2.08. The smallest absolute Gasteiger partial charge is 0.225 e. The Bertz CT molecular complexity index is 692. The van der Waals surface area contributed by atoms with Crippen LogP contribution in [-0.4, -0.2) is 26.1 Å². The summed E-state index contributed by atoms with van der Waals surface area (Å²) in [6.07, 6.45) is 0.973. The third kappa shape index (κ3) is 5.31. The van der Waals surface area contributed by atoms with E-state index in [0.717, 1.165) is 29.9 Å². The van der Waals surface area contributed by atoms with Gasteiger partial charge in [-0.2, -0.15) is 0 Å². The molecule has 128 valence electrons. The van der Waals surface area contributed by atoms with Crippen LogP contribution in [0.1, 0.15) is 12.0 Å². The van der Waals surface area contributed by atoms with Crippen molar-refractivity contribution < 1.29 is 18.3 Å². The maximum atomic E-state index is 13.4. The molecule has 1 amide bonds. The predicted octanol–water partition coefficient (Wildman–Crippen LogP) is 3.13. The Morgan fingerprint density at radius 1 is 1.12 bits per heavy atom. The van der Waals surface area contributed by atoms with Crippen LogP contribution in [-0.2, 0) is 11.2 Å². The quantitative estimate of drug-likeness (QED) is 0.729. The summed E-state index contributed by atoms with van der Waals surface area (Å²) in [6.45, 7) is 1.16. The molecule has 0 aliphatic heterocycles. The first-order valence-corrected chi connectivity index (χ1v) is 7.67. The van der Waals surface area contributed by atoms with Gasteiger partial charge in [0.2, 0.25) is 5.91 Å². The molecule has 0 saturated carbocycles. The average Bonchev–Trinajstić information content (AvgIpc) is 2.57. The monoisotopic (exact) mass is 334 g/mol. The molecule has 0 bridgehead atoms. The molecule has 0 atom stereocenters. The molecular weight excluding hydrogens is 314 g/mol. The minimum atomic E-state index is -0.785. The van der Waals surface area contributed by atoms with E-state index in [1.165, 1.54) is 6.07 Å². The van der Waals surface area contributed by atoms with Gasteiger partial charge >= 0.3 is 0 Å². The SMILES string of the molecule is COc1ccccc1CCNCCC(=O)Nc1ccc(F)cc1F. The zero-order valence-electron chi connectivity index (χ0n) is 13.4. The summed E-state index contributed by atoms with van der Waals surface area (Å²) in [6, 6.07) is 10.8. The number of nitrogens with one attached hydrogen (secondary N) is 2. The summed E-state index contributed by atoms with van der Waals surface area (Å²) < 4.78 is 31.5. The fourth-order valence-electron chi connectivity index (χ4n) is 2.26. The third-order valence-corrected chi connectivity index (χ3v) is 3.50. The molecule has 0 unspecified atom stereocenters. The van der Waals surface area contributed by atoms with Gasteiger partial charge in [-0.25, -0.2) is 8.78 Å². The molecule has 0 spiro atoms. The molecule has 24 heavy (non-hydrogen) atoms. The number of ether oxygens (including phenoxy) is 1. The Balaban J connectivity index is 1.69. The number of halogens is 2. The molecule has 0 radical (unpaired) electrons. The largest absolute Gasteiger partial charge is 0.496 e. The number of carbonyl (C=O) groups excluding carboxylic acids is 1. The average molecular weight is 334 g/mol. The Morgan fingerprint density at radius 2 is 1.92 bits per heavy atom. The number of benzene rings is 2. The summed E-state index contributed by atoms with van der Waals surface area (Å²) >= 11 is 0. The van der Waals surface area contributed by atoms with Gasteiger partial charge in [0.05, 0.1) is 12.8 Å². The summed E-state index contributed by atoms with van der Waals surface area (Å²) in [7, 11) is 1.63. The van der Waals surface area contributed by atoms with E-state index in [9.17, 15) is 13.6 Å². The molecular formula is C18H20F2N2O2. The van der Waals surface area contributed by atoms with Gasteiger partial charge in [0, 0.05) is 19.0 Å². The second-order valence-electron chi connectivity index (χ2n) is 5.23. The predicted molar refractivity (Wildman–Crippen MR) is 89.2 cm³/mol. The van der Waals surface area contributed by atoms with E-state index < -0.39 is 11.6 Å². The van der Waals surface area contributed by atoms with Crippen molar-refractivity contribution in [3.63, 3.8) is 0 Å². The van der Waals surface area contributed by atoms with Gasteiger partial charge in [0.1, 0.15) is 17.4 Å². The lowest BCUT2D eigenvalue weighted by atomic mass is 10.1. The van der Waals surface area contributed by atoms with Crippen LogP contribution in [0.3, 0.4) is 0 Å². The summed E-state index contributed by atoms with van der Waals surface area (Å²) in [5, 5.41) is 5.58. The Labute approximate surface area is 139 Å². The highest BCUT2D eigenvalue weighted by Crippen LogP contribution is 2.17. The molecule has 2 rings (SSSR count). The van der Waals surface area contributed by atoms with Gasteiger partial charge in [-0.15, -0.1) is 0 Å². The molecule has 6 heteroatoms. The number of carbonyl (C=O) groups is 1. The molecule has 4 nitrogen and oxygen atoms in total. The van der Waals surface area contributed by atoms with Crippen LogP contribution in [0.25, 0.3) is 0 Å². The van der Waals surface area contributed by atoms with Gasteiger partial charge in [-0.3, -0.25) is 4.79 Å². The zero-order chi connectivity index (χ0) is 17.4. The standard InChI is InChI=1S/C18H20F2N2O2/c1-24-17-5-3-2-4-13(17)8-10-21-11-9-18(23)22-16-7-6-14(19)12-15(16)20/h2-7,12,21H,8-11H2,1H3,(H,22,23). The summed E-state index contributed by atoms with van der Waals surface area (Å²) in [4.78, 5) is 11.8. The highest BCUT2D eigenvalue weighted by atomic mass is 19.1. The number of amides is 1. The number of methoxy groups -OCH3 is 1. The number of para-hydroxylation sites is 1. The molecule has 2 aromatic carbocycles. The number of hydrogen-bond donors (Lipinski definition) is 2. The van der Waals surface area contributed by atoms with E-state index in [4.69, 9.17) is 4.74 Å². The van der Waals surface area contributed by atoms with Crippen LogP contribution >= 0.6 is 0 Å². The lowest BCUT2D eigenvalue weighted by molar-refractivity contribution is -0.116. The van der Waals surface area contributed by atoms with Crippen molar-refractivity contribution in [3.05, 3.63) is 59.7 Å². The Morgan fingerprint density at radius 3 is 2.67 bits per heavy atom.